The van der Waals surface area contributed by atoms with Gasteiger partial charge in [0.05, 0.1) is 5.56 Å². The molecule has 1 aromatic carbocycles. The van der Waals surface area contributed by atoms with Gasteiger partial charge in [-0.3, -0.25) is 4.79 Å². The molecule has 0 spiro atoms. The van der Waals surface area contributed by atoms with Crippen molar-refractivity contribution < 1.29 is 18.7 Å². The summed E-state index contributed by atoms with van der Waals surface area (Å²) >= 11 is 0. The van der Waals surface area contributed by atoms with Gasteiger partial charge in [-0.25, -0.2) is 8.78 Å². The number of ketones is 1. The number of aryl methyl sites for hydroxylation is 1. The molecular weight excluding hydrogens is 202 g/mol. The number of benzene rings is 1. The smallest absolute Gasteiger partial charge is 0.199 e. The fourth-order valence-corrected chi connectivity index (χ4v) is 1.17. The molecule has 0 aliphatic carbocycles. The summed E-state index contributed by atoms with van der Waals surface area (Å²) in [5.41, 5.74) is -2.29. The molecular formula is C11H12F2O2. The Morgan fingerprint density at radius 1 is 1.33 bits per heavy atom. The molecule has 0 radical (unpaired) electrons. The van der Waals surface area contributed by atoms with Crippen LogP contribution in [0.4, 0.5) is 8.78 Å². The number of rotatable bonds is 2. The number of Topliss-reactive ketones (excluding diaryl/α,β-unsaturated/α-hetero) is 1. The molecule has 0 aliphatic rings. The summed E-state index contributed by atoms with van der Waals surface area (Å²) in [6.07, 6.45) is 0. The lowest BCUT2D eigenvalue weighted by atomic mass is 9.95. The lowest BCUT2D eigenvalue weighted by Gasteiger charge is -2.16. The quantitative estimate of drug-likeness (QED) is 0.766. The topological polar surface area (TPSA) is 37.3 Å². The zero-order valence-electron chi connectivity index (χ0n) is 8.77. The van der Waals surface area contributed by atoms with Gasteiger partial charge in [0.25, 0.3) is 0 Å². The molecule has 0 atom stereocenters. The summed E-state index contributed by atoms with van der Waals surface area (Å²) in [7, 11) is 0. The van der Waals surface area contributed by atoms with Crippen LogP contribution in [0, 0.1) is 18.6 Å². The van der Waals surface area contributed by atoms with Crippen LogP contribution in [0.3, 0.4) is 0 Å². The van der Waals surface area contributed by atoms with Gasteiger partial charge < -0.3 is 5.11 Å². The minimum absolute atomic E-state index is 0.170. The molecule has 0 bridgehead atoms. The van der Waals surface area contributed by atoms with Crippen molar-refractivity contribution in [3.63, 3.8) is 0 Å². The lowest BCUT2D eigenvalue weighted by Crippen LogP contribution is -2.32. The van der Waals surface area contributed by atoms with Gasteiger partial charge in [0.15, 0.2) is 5.78 Å². The number of hydrogen-bond donors (Lipinski definition) is 1. The lowest BCUT2D eigenvalue weighted by molar-refractivity contribution is 0.0478. The Bertz CT molecular complexity index is 406. The summed E-state index contributed by atoms with van der Waals surface area (Å²) in [6.45, 7) is 3.81. The maximum absolute atomic E-state index is 13.5. The molecule has 1 N–H and O–H groups in total. The van der Waals surface area contributed by atoms with E-state index in [4.69, 9.17) is 0 Å². The maximum atomic E-state index is 13.5. The summed E-state index contributed by atoms with van der Waals surface area (Å²) in [6, 6.07) is 2.25. The first kappa shape index (κ1) is 11.8. The Morgan fingerprint density at radius 3 is 2.33 bits per heavy atom. The molecule has 0 fully saturated rings. The molecule has 0 heterocycles. The van der Waals surface area contributed by atoms with Crippen molar-refractivity contribution >= 4 is 5.78 Å². The maximum Gasteiger partial charge on any atom is 0.199 e. The Morgan fingerprint density at radius 2 is 1.87 bits per heavy atom. The zero-order chi connectivity index (χ0) is 11.8. The third kappa shape index (κ3) is 2.21. The van der Waals surface area contributed by atoms with E-state index in [2.05, 4.69) is 0 Å². The summed E-state index contributed by atoms with van der Waals surface area (Å²) < 4.78 is 26.7. The number of carbonyl (C=O) groups is 1. The summed E-state index contributed by atoms with van der Waals surface area (Å²) in [5, 5.41) is 9.40. The van der Waals surface area contributed by atoms with Crippen molar-refractivity contribution in [3.05, 3.63) is 34.9 Å². The fraction of sp³-hybridized carbons (Fsp3) is 0.364. The van der Waals surface area contributed by atoms with Gasteiger partial charge in [0.2, 0.25) is 0 Å². The first-order valence-corrected chi connectivity index (χ1v) is 4.47. The molecule has 0 saturated carbocycles. The monoisotopic (exact) mass is 214 g/mol. The average molecular weight is 214 g/mol. The van der Waals surface area contributed by atoms with Crippen molar-refractivity contribution in [2.24, 2.45) is 0 Å². The van der Waals surface area contributed by atoms with E-state index >= 15 is 0 Å². The second-order valence-corrected chi connectivity index (χ2v) is 3.94. The van der Waals surface area contributed by atoms with Gasteiger partial charge in [0.1, 0.15) is 17.2 Å². The highest BCUT2D eigenvalue weighted by molar-refractivity contribution is 6.02. The van der Waals surface area contributed by atoms with Crippen molar-refractivity contribution in [1.29, 1.82) is 0 Å². The van der Waals surface area contributed by atoms with Gasteiger partial charge in [-0.2, -0.15) is 0 Å². The molecule has 0 amide bonds. The largest absolute Gasteiger partial charge is 0.382 e. The molecule has 0 unspecified atom stereocenters. The van der Waals surface area contributed by atoms with Crippen LogP contribution in [0.1, 0.15) is 29.8 Å². The number of carbonyl (C=O) groups excluding carboxylic acids is 1. The Labute approximate surface area is 86.5 Å². The average Bonchev–Trinajstić information content (AvgIpc) is 2.10. The molecule has 1 rings (SSSR count). The predicted molar refractivity (Wildman–Crippen MR) is 51.7 cm³/mol. The van der Waals surface area contributed by atoms with Crippen molar-refractivity contribution in [2.75, 3.05) is 0 Å². The molecule has 0 aliphatic heterocycles. The Kier molecular flexibility index (Phi) is 2.90. The van der Waals surface area contributed by atoms with Crippen LogP contribution in [-0.2, 0) is 0 Å². The van der Waals surface area contributed by atoms with Gasteiger partial charge in [0, 0.05) is 0 Å². The summed E-state index contributed by atoms with van der Waals surface area (Å²) in [4.78, 5) is 11.5. The van der Waals surface area contributed by atoms with Gasteiger partial charge in [-0.05, 0) is 32.4 Å². The zero-order valence-corrected chi connectivity index (χ0v) is 8.77. The highest BCUT2D eigenvalue weighted by atomic mass is 19.1. The van der Waals surface area contributed by atoms with Crippen molar-refractivity contribution in [1.82, 2.24) is 0 Å². The van der Waals surface area contributed by atoms with E-state index in [9.17, 15) is 18.7 Å². The van der Waals surface area contributed by atoms with E-state index in [1.165, 1.54) is 26.8 Å². The molecule has 1 aromatic rings. The fourth-order valence-electron chi connectivity index (χ4n) is 1.17. The second-order valence-electron chi connectivity index (χ2n) is 3.94. The van der Waals surface area contributed by atoms with Crippen molar-refractivity contribution in [2.45, 2.75) is 26.4 Å². The van der Waals surface area contributed by atoms with Crippen LogP contribution in [0.5, 0.6) is 0 Å². The van der Waals surface area contributed by atoms with E-state index in [1.807, 2.05) is 0 Å². The molecule has 4 heteroatoms. The van der Waals surface area contributed by atoms with E-state index in [-0.39, 0.29) is 5.56 Å². The highest BCUT2D eigenvalue weighted by Gasteiger charge is 2.30. The SMILES string of the molecule is Cc1ccc(F)c(C(=O)C(C)(C)O)c1F. The first-order chi connectivity index (χ1) is 6.75. The second kappa shape index (κ2) is 3.70. The Hall–Kier alpha value is -1.29. The normalized spacial score (nSPS) is 11.6. The van der Waals surface area contributed by atoms with Gasteiger partial charge >= 0.3 is 0 Å². The standard InChI is InChI=1S/C11H12F2O2/c1-6-4-5-7(12)8(9(6)13)10(14)11(2,3)15/h4-5,15H,1-3H3. The van der Waals surface area contributed by atoms with Crippen LogP contribution >= 0.6 is 0 Å². The molecule has 0 aromatic heterocycles. The number of aliphatic hydroxyl groups is 1. The first-order valence-electron chi connectivity index (χ1n) is 4.47. The van der Waals surface area contributed by atoms with E-state index < -0.39 is 28.6 Å². The van der Waals surface area contributed by atoms with Crippen LogP contribution in [0.15, 0.2) is 12.1 Å². The molecule has 15 heavy (non-hydrogen) atoms. The minimum atomic E-state index is -1.78. The Balaban J connectivity index is 3.38. The van der Waals surface area contributed by atoms with Crippen LogP contribution < -0.4 is 0 Å². The van der Waals surface area contributed by atoms with Gasteiger partial charge in [-0.1, -0.05) is 6.07 Å². The third-order valence-electron chi connectivity index (χ3n) is 2.07. The number of halogens is 2. The summed E-state index contributed by atoms with van der Waals surface area (Å²) in [5.74, 6) is -2.83. The van der Waals surface area contributed by atoms with Crippen LogP contribution in [-0.4, -0.2) is 16.5 Å². The van der Waals surface area contributed by atoms with Crippen molar-refractivity contribution in [3.8, 4) is 0 Å². The number of hydrogen-bond acceptors (Lipinski definition) is 2. The van der Waals surface area contributed by atoms with Crippen LogP contribution in [0.25, 0.3) is 0 Å². The highest BCUT2D eigenvalue weighted by Crippen LogP contribution is 2.21. The molecule has 2 nitrogen and oxygen atoms in total. The van der Waals surface area contributed by atoms with Gasteiger partial charge in [-0.15, -0.1) is 0 Å². The van der Waals surface area contributed by atoms with Crippen LogP contribution in [0.2, 0.25) is 0 Å². The van der Waals surface area contributed by atoms with E-state index in [0.29, 0.717) is 0 Å². The molecule has 0 saturated heterocycles. The minimum Gasteiger partial charge on any atom is -0.382 e. The van der Waals surface area contributed by atoms with E-state index in [0.717, 1.165) is 6.07 Å². The molecule has 82 valence electrons. The third-order valence-corrected chi connectivity index (χ3v) is 2.07. The predicted octanol–water partition coefficient (Wildman–Crippen LogP) is 2.23. The van der Waals surface area contributed by atoms with E-state index in [1.54, 1.807) is 0 Å².